The van der Waals surface area contributed by atoms with Gasteiger partial charge >= 0.3 is 5.97 Å². The van der Waals surface area contributed by atoms with E-state index in [1.165, 1.54) is 24.1 Å². The maximum Gasteiger partial charge on any atom is 0.306 e. The molecule has 0 N–H and O–H groups in total. The van der Waals surface area contributed by atoms with Crippen LogP contribution in [0.4, 0.5) is 4.39 Å². The summed E-state index contributed by atoms with van der Waals surface area (Å²) >= 11 is 1.56. The van der Waals surface area contributed by atoms with Crippen LogP contribution >= 0.6 is 11.3 Å². The monoisotopic (exact) mass is 478 g/mol. The van der Waals surface area contributed by atoms with Crippen molar-refractivity contribution >= 4 is 29.1 Å². The minimum absolute atomic E-state index is 0.0436. The summed E-state index contributed by atoms with van der Waals surface area (Å²) in [7, 11) is 1.52. The third kappa shape index (κ3) is 8.94. The number of nitrogens with zero attached hydrogens (tertiary/aromatic N) is 2. The van der Waals surface area contributed by atoms with Crippen LogP contribution in [0, 0.1) is 12.7 Å². The van der Waals surface area contributed by atoms with Crippen molar-refractivity contribution in [3.63, 3.8) is 0 Å². The number of ether oxygens (including phenoxy) is 2. The molecule has 1 heterocycles. The second kappa shape index (κ2) is 13.7. The van der Waals surface area contributed by atoms with Gasteiger partial charge in [-0.3, -0.25) is 14.4 Å². The normalized spacial score (nSPS) is 10.7. The van der Waals surface area contributed by atoms with Crippen molar-refractivity contribution in [1.29, 1.82) is 0 Å². The predicted molar refractivity (Wildman–Crippen MR) is 124 cm³/mol. The van der Waals surface area contributed by atoms with E-state index in [1.54, 1.807) is 35.3 Å². The van der Waals surface area contributed by atoms with Crippen LogP contribution in [0.3, 0.4) is 0 Å². The maximum absolute atomic E-state index is 13.3. The molecule has 0 aliphatic heterocycles. The van der Waals surface area contributed by atoms with Crippen LogP contribution in [0.5, 0.6) is 0 Å². The molecule has 2 aromatic rings. The fourth-order valence-corrected chi connectivity index (χ4v) is 4.06. The van der Waals surface area contributed by atoms with Crippen molar-refractivity contribution in [3.8, 4) is 0 Å². The number of carbonyl (C=O) groups excluding carboxylic acids is 3. The molecule has 0 unspecified atom stereocenters. The quantitative estimate of drug-likeness (QED) is 0.412. The summed E-state index contributed by atoms with van der Waals surface area (Å²) in [5.41, 5.74) is 1.87. The van der Waals surface area contributed by atoms with Crippen molar-refractivity contribution in [2.75, 3.05) is 33.4 Å². The summed E-state index contributed by atoms with van der Waals surface area (Å²) in [6.07, 6.45) is -0.0874. The van der Waals surface area contributed by atoms with Gasteiger partial charge in [-0.2, -0.15) is 0 Å². The van der Waals surface area contributed by atoms with Crippen molar-refractivity contribution in [2.45, 2.75) is 39.8 Å². The van der Waals surface area contributed by atoms with Gasteiger partial charge in [0.1, 0.15) is 5.82 Å². The van der Waals surface area contributed by atoms with Gasteiger partial charge in [-0.25, -0.2) is 4.39 Å². The second-order valence-electron chi connectivity index (χ2n) is 7.52. The van der Waals surface area contributed by atoms with Gasteiger partial charge in [0, 0.05) is 31.5 Å². The predicted octanol–water partition coefficient (Wildman–Crippen LogP) is 3.54. The summed E-state index contributed by atoms with van der Waals surface area (Å²) in [6.45, 7) is 4.95. The van der Waals surface area contributed by atoms with E-state index in [1.807, 2.05) is 18.4 Å². The number of hydrogen-bond donors (Lipinski definition) is 0. The van der Waals surface area contributed by atoms with Gasteiger partial charge in [-0.1, -0.05) is 12.1 Å². The number of methoxy groups -OCH3 is 1. The van der Waals surface area contributed by atoms with E-state index in [2.05, 4.69) is 0 Å². The summed E-state index contributed by atoms with van der Waals surface area (Å²) < 4.78 is 23.3. The molecule has 1 aromatic carbocycles. The van der Waals surface area contributed by atoms with E-state index in [9.17, 15) is 18.8 Å². The molecule has 33 heavy (non-hydrogen) atoms. The topological polar surface area (TPSA) is 76.1 Å². The van der Waals surface area contributed by atoms with Gasteiger partial charge in [0.2, 0.25) is 11.8 Å². The maximum atomic E-state index is 13.3. The number of benzene rings is 1. The number of carbonyl (C=O) groups is 3. The number of amides is 2. The third-order valence-electron chi connectivity index (χ3n) is 5.03. The Morgan fingerprint density at radius 2 is 1.73 bits per heavy atom. The Kier molecular flexibility index (Phi) is 11.0. The summed E-state index contributed by atoms with van der Waals surface area (Å²) in [4.78, 5) is 41.8. The number of aryl methyl sites for hydroxylation is 1. The molecule has 1 aromatic heterocycles. The molecule has 0 atom stereocenters. The van der Waals surface area contributed by atoms with Crippen molar-refractivity contribution in [3.05, 3.63) is 57.5 Å². The highest BCUT2D eigenvalue weighted by Gasteiger charge is 2.23. The molecule has 180 valence electrons. The van der Waals surface area contributed by atoms with Crippen molar-refractivity contribution in [2.24, 2.45) is 0 Å². The lowest BCUT2D eigenvalue weighted by atomic mass is 10.2. The Bertz CT molecular complexity index is 916. The third-order valence-corrected chi connectivity index (χ3v) is 6.04. The lowest BCUT2D eigenvalue weighted by Gasteiger charge is -2.28. The van der Waals surface area contributed by atoms with Crippen LogP contribution in [0.15, 0.2) is 35.7 Å². The number of halogens is 1. The van der Waals surface area contributed by atoms with Crippen LogP contribution in [-0.4, -0.2) is 61.0 Å². The number of esters is 1. The Morgan fingerprint density at radius 1 is 1.00 bits per heavy atom. The summed E-state index contributed by atoms with van der Waals surface area (Å²) in [5.74, 6) is -1.35. The summed E-state index contributed by atoms with van der Waals surface area (Å²) in [6, 6.07) is 7.99. The molecule has 0 spiro atoms. The first-order chi connectivity index (χ1) is 15.8. The zero-order chi connectivity index (χ0) is 24.2. The Balaban J connectivity index is 2.14. The molecule has 0 saturated carbocycles. The molecule has 0 bridgehead atoms. The Labute approximate surface area is 198 Å². The van der Waals surface area contributed by atoms with Gasteiger partial charge < -0.3 is 19.3 Å². The zero-order valence-electron chi connectivity index (χ0n) is 19.3. The minimum atomic E-state index is -0.449. The molecule has 2 rings (SSSR count). The SMILES string of the molecule is CCOC(=O)CCC(=O)N(CCOC)CC(=O)N(Cc1ccc(F)cc1)Cc1sccc1C. The Morgan fingerprint density at radius 3 is 2.33 bits per heavy atom. The molecule has 9 heteroatoms. The highest BCUT2D eigenvalue weighted by atomic mass is 32.1. The van der Waals surface area contributed by atoms with E-state index in [0.717, 1.165) is 16.0 Å². The molecular weight excluding hydrogens is 447 g/mol. The van der Waals surface area contributed by atoms with Crippen LogP contribution in [0.2, 0.25) is 0 Å². The first-order valence-corrected chi connectivity index (χ1v) is 11.7. The average Bonchev–Trinajstić information content (AvgIpc) is 3.20. The molecule has 2 amide bonds. The lowest BCUT2D eigenvalue weighted by Crippen LogP contribution is -2.43. The molecule has 0 radical (unpaired) electrons. The molecule has 0 aliphatic carbocycles. The standard InChI is InChI=1S/C24H31FN2O5S/c1-4-32-24(30)10-9-22(28)26(12-13-31-3)17-23(29)27(16-21-18(2)11-14-33-21)15-19-5-7-20(25)8-6-19/h5-8,11,14H,4,9-10,12-13,15-17H2,1-3H3. The summed E-state index contributed by atoms with van der Waals surface area (Å²) in [5, 5.41) is 1.97. The lowest BCUT2D eigenvalue weighted by molar-refractivity contribution is -0.146. The largest absolute Gasteiger partial charge is 0.466 e. The van der Waals surface area contributed by atoms with Crippen molar-refractivity contribution < 1.29 is 28.2 Å². The fraction of sp³-hybridized carbons (Fsp3) is 0.458. The molecular formula is C24H31FN2O5S. The molecule has 0 saturated heterocycles. The highest BCUT2D eigenvalue weighted by molar-refractivity contribution is 7.10. The number of rotatable bonds is 13. The first-order valence-electron chi connectivity index (χ1n) is 10.8. The first kappa shape index (κ1) is 26.5. The van der Waals surface area contributed by atoms with Gasteiger partial charge in [-0.15, -0.1) is 11.3 Å². The average molecular weight is 479 g/mol. The Hall–Kier alpha value is -2.78. The molecule has 7 nitrogen and oxygen atoms in total. The smallest absolute Gasteiger partial charge is 0.306 e. The van der Waals surface area contributed by atoms with Gasteiger partial charge in [0.05, 0.1) is 32.7 Å². The second-order valence-corrected chi connectivity index (χ2v) is 8.52. The number of thiophene rings is 1. The van der Waals surface area contributed by atoms with E-state index >= 15 is 0 Å². The van der Waals surface area contributed by atoms with Gasteiger partial charge in [-0.05, 0) is 48.6 Å². The van der Waals surface area contributed by atoms with E-state index in [-0.39, 0.29) is 63.3 Å². The van der Waals surface area contributed by atoms with E-state index in [0.29, 0.717) is 6.54 Å². The molecule has 0 aliphatic rings. The van der Waals surface area contributed by atoms with E-state index in [4.69, 9.17) is 9.47 Å². The van der Waals surface area contributed by atoms with Crippen LogP contribution in [0.25, 0.3) is 0 Å². The fourth-order valence-electron chi connectivity index (χ4n) is 3.14. The van der Waals surface area contributed by atoms with Crippen LogP contribution in [-0.2, 0) is 36.9 Å². The van der Waals surface area contributed by atoms with E-state index < -0.39 is 5.97 Å². The zero-order valence-corrected chi connectivity index (χ0v) is 20.2. The number of hydrogen-bond acceptors (Lipinski definition) is 6. The van der Waals surface area contributed by atoms with Gasteiger partial charge in [0.25, 0.3) is 0 Å². The highest BCUT2D eigenvalue weighted by Crippen LogP contribution is 2.20. The van der Waals surface area contributed by atoms with Crippen LogP contribution in [0.1, 0.15) is 35.8 Å². The molecule has 0 fully saturated rings. The van der Waals surface area contributed by atoms with Gasteiger partial charge in [0.15, 0.2) is 0 Å². The van der Waals surface area contributed by atoms with Crippen molar-refractivity contribution in [1.82, 2.24) is 9.80 Å². The minimum Gasteiger partial charge on any atom is -0.466 e. The van der Waals surface area contributed by atoms with Crippen LogP contribution < -0.4 is 0 Å².